The second-order valence-electron chi connectivity index (χ2n) is 4.81. The number of aromatic nitrogens is 2. The Morgan fingerprint density at radius 2 is 2.22 bits per heavy atom. The normalized spacial score (nSPS) is 22.1. The number of carbonyl (C=O) groups is 1. The fourth-order valence-corrected chi connectivity index (χ4v) is 4.01. The molecule has 1 unspecified atom stereocenters. The lowest BCUT2D eigenvalue weighted by atomic mass is 10.2. The summed E-state index contributed by atoms with van der Waals surface area (Å²) >= 11 is 0. The summed E-state index contributed by atoms with van der Waals surface area (Å²) in [4.78, 5) is 13.7. The molecule has 18 heavy (non-hydrogen) atoms. The molecule has 6 nitrogen and oxygen atoms in total. The lowest BCUT2D eigenvalue weighted by molar-refractivity contribution is 0.0740. The number of nitrogens with zero attached hydrogens (tertiary/aromatic N) is 3. The van der Waals surface area contributed by atoms with Gasteiger partial charge in [0.15, 0.2) is 15.5 Å². The first-order valence-corrected chi connectivity index (χ1v) is 7.60. The van der Waals surface area contributed by atoms with Crippen LogP contribution in [0.25, 0.3) is 0 Å². The minimum absolute atomic E-state index is 0.0567. The third-order valence-corrected chi connectivity index (χ3v) is 5.04. The molecule has 0 aliphatic carbocycles. The van der Waals surface area contributed by atoms with Crippen molar-refractivity contribution in [3.8, 4) is 0 Å². The SMILES string of the molecule is Cc1cn(C)nc1C(=O)N(C)C1CCS(=O)(=O)C1. The van der Waals surface area contributed by atoms with E-state index in [4.69, 9.17) is 0 Å². The molecule has 2 rings (SSSR count). The van der Waals surface area contributed by atoms with Crippen LogP contribution in [-0.4, -0.2) is 53.6 Å². The Morgan fingerprint density at radius 1 is 1.56 bits per heavy atom. The van der Waals surface area contributed by atoms with Crippen molar-refractivity contribution >= 4 is 15.7 Å². The predicted octanol–water partition coefficient (Wildman–Crippen LogP) is -0.0124. The third-order valence-electron chi connectivity index (χ3n) is 3.29. The molecule has 7 heteroatoms. The van der Waals surface area contributed by atoms with E-state index in [0.717, 1.165) is 5.56 Å². The number of hydrogen-bond donors (Lipinski definition) is 0. The number of rotatable bonds is 2. The maximum atomic E-state index is 12.2. The van der Waals surface area contributed by atoms with Crippen LogP contribution in [0, 0.1) is 6.92 Å². The monoisotopic (exact) mass is 271 g/mol. The molecule has 1 aromatic heterocycles. The number of sulfone groups is 1. The van der Waals surface area contributed by atoms with Crippen molar-refractivity contribution in [2.24, 2.45) is 7.05 Å². The Bertz CT molecular complexity index is 576. The molecule has 0 aromatic carbocycles. The summed E-state index contributed by atoms with van der Waals surface area (Å²) in [6.45, 7) is 1.82. The van der Waals surface area contributed by atoms with E-state index in [1.54, 1.807) is 25.0 Å². The zero-order valence-electron chi connectivity index (χ0n) is 10.8. The largest absolute Gasteiger partial charge is 0.336 e. The number of hydrogen-bond acceptors (Lipinski definition) is 4. The highest BCUT2D eigenvalue weighted by molar-refractivity contribution is 7.91. The van der Waals surface area contributed by atoms with Crippen LogP contribution in [-0.2, 0) is 16.9 Å². The van der Waals surface area contributed by atoms with E-state index >= 15 is 0 Å². The highest BCUT2D eigenvalue weighted by Gasteiger charge is 2.33. The van der Waals surface area contributed by atoms with Gasteiger partial charge in [0.2, 0.25) is 0 Å². The fraction of sp³-hybridized carbons (Fsp3) is 0.636. The summed E-state index contributed by atoms with van der Waals surface area (Å²) < 4.78 is 24.4. The minimum Gasteiger partial charge on any atom is -0.336 e. The Kier molecular flexibility index (Phi) is 3.18. The second kappa shape index (κ2) is 4.38. The van der Waals surface area contributed by atoms with Crippen molar-refractivity contribution in [2.75, 3.05) is 18.6 Å². The summed E-state index contributed by atoms with van der Waals surface area (Å²) in [5.74, 6) is 0.00707. The van der Waals surface area contributed by atoms with Gasteiger partial charge in [-0.15, -0.1) is 0 Å². The third kappa shape index (κ3) is 2.40. The smallest absolute Gasteiger partial charge is 0.274 e. The zero-order chi connectivity index (χ0) is 13.5. The van der Waals surface area contributed by atoms with Crippen molar-refractivity contribution in [1.29, 1.82) is 0 Å². The van der Waals surface area contributed by atoms with Crippen LogP contribution < -0.4 is 0 Å². The topological polar surface area (TPSA) is 72.3 Å². The Morgan fingerprint density at radius 3 is 2.67 bits per heavy atom. The minimum atomic E-state index is -2.98. The van der Waals surface area contributed by atoms with E-state index < -0.39 is 9.84 Å². The van der Waals surface area contributed by atoms with E-state index in [2.05, 4.69) is 5.10 Å². The molecule has 0 N–H and O–H groups in total. The van der Waals surface area contributed by atoms with Gasteiger partial charge in [0.1, 0.15) is 0 Å². The first-order chi connectivity index (χ1) is 8.30. The fourth-order valence-electron chi connectivity index (χ4n) is 2.23. The quantitative estimate of drug-likeness (QED) is 0.758. The zero-order valence-corrected chi connectivity index (χ0v) is 11.6. The van der Waals surface area contributed by atoms with Crippen LogP contribution in [0.4, 0.5) is 0 Å². The average Bonchev–Trinajstić information content (AvgIpc) is 2.79. The van der Waals surface area contributed by atoms with Crippen LogP contribution in [0.2, 0.25) is 0 Å². The molecule has 1 fully saturated rings. The highest BCUT2D eigenvalue weighted by Crippen LogP contribution is 2.19. The molecule has 1 saturated heterocycles. The maximum Gasteiger partial charge on any atom is 0.274 e. The summed E-state index contributed by atoms with van der Waals surface area (Å²) in [7, 11) is 0.414. The van der Waals surface area contributed by atoms with Crippen LogP contribution in [0.15, 0.2) is 6.20 Å². The lowest BCUT2D eigenvalue weighted by Gasteiger charge is -2.22. The number of carbonyl (C=O) groups excluding carboxylic acids is 1. The van der Waals surface area contributed by atoms with Crippen molar-refractivity contribution in [3.63, 3.8) is 0 Å². The first kappa shape index (κ1) is 13.1. The molecular formula is C11H17N3O3S. The van der Waals surface area contributed by atoms with Gasteiger partial charge in [-0.2, -0.15) is 5.10 Å². The van der Waals surface area contributed by atoms with Crippen LogP contribution in [0.3, 0.4) is 0 Å². The highest BCUT2D eigenvalue weighted by atomic mass is 32.2. The van der Waals surface area contributed by atoms with Crippen molar-refractivity contribution in [3.05, 3.63) is 17.5 Å². The van der Waals surface area contributed by atoms with Gasteiger partial charge in [-0.3, -0.25) is 9.48 Å². The molecule has 1 amide bonds. The van der Waals surface area contributed by atoms with E-state index in [1.807, 2.05) is 6.92 Å². The van der Waals surface area contributed by atoms with E-state index in [0.29, 0.717) is 12.1 Å². The van der Waals surface area contributed by atoms with Crippen molar-refractivity contribution in [1.82, 2.24) is 14.7 Å². The van der Waals surface area contributed by atoms with Gasteiger partial charge in [0.25, 0.3) is 5.91 Å². The van der Waals surface area contributed by atoms with Gasteiger partial charge in [-0.25, -0.2) is 8.42 Å². The van der Waals surface area contributed by atoms with Crippen LogP contribution >= 0.6 is 0 Å². The molecule has 1 aliphatic heterocycles. The molecule has 1 aromatic rings. The number of aryl methyl sites for hydroxylation is 2. The molecule has 0 radical (unpaired) electrons. The Balaban J connectivity index is 2.17. The van der Waals surface area contributed by atoms with Gasteiger partial charge in [0, 0.05) is 31.9 Å². The molecule has 100 valence electrons. The molecule has 0 spiro atoms. The van der Waals surface area contributed by atoms with E-state index in [1.165, 1.54) is 4.90 Å². The summed E-state index contributed by atoms with van der Waals surface area (Å²) in [6.07, 6.45) is 2.28. The lowest BCUT2D eigenvalue weighted by Crippen LogP contribution is -2.38. The van der Waals surface area contributed by atoms with E-state index in [9.17, 15) is 13.2 Å². The van der Waals surface area contributed by atoms with Gasteiger partial charge < -0.3 is 4.90 Å². The number of amides is 1. The van der Waals surface area contributed by atoms with Gasteiger partial charge in [-0.1, -0.05) is 0 Å². The molecule has 1 aliphatic rings. The van der Waals surface area contributed by atoms with Gasteiger partial charge in [0.05, 0.1) is 11.5 Å². The molecular weight excluding hydrogens is 254 g/mol. The van der Waals surface area contributed by atoms with Crippen molar-refractivity contribution < 1.29 is 13.2 Å². The van der Waals surface area contributed by atoms with Crippen molar-refractivity contribution in [2.45, 2.75) is 19.4 Å². The van der Waals surface area contributed by atoms with Gasteiger partial charge >= 0.3 is 0 Å². The standard InChI is InChI=1S/C11H17N3O3S/c1-8-6-13(2)12-10(8)11(15)14(3)9-4-5-18(16,17)7-9/h6,9H,4-5,7H2,1-3H3. The first-order valence-electron chi connectivity index (χ1n) is 5.78. The van der Waals surface area contributed by atoms with Gasteiger partial charge in [-0.05, 0) is 13.3 Å². The Hall–Kier alpha value is -1.37. The molecule has 0 saturated carbocycles. The summed E-state index contributed by atoms with van der Waals surface area (Å²) in [5, 5.41) is 4.11. The molecule has 0 bridgehead atoms. The van der Waals surface area contributed by atoms with E-state index in [-0.39, 0.29) is 23.5 Å². The Labute approximate surface area is 106 Å². The molecule has 2 heterocycles. The van der Waals surface area contributed by atoms with Crippen LogP contribution in [0.1, 0.15) is 22.5 Å². The van der Waals surface area contributed by atoms with Crippen LogP contribution in [0.5, 0.6) is 0 Å². The predicted molar refractivity (Wildman–Crippen MR) is 67.1 cm³/mol. The second-order valence-corrected chi connectivity index (χ2v) is 7.04. The maximum absolute atomic E-state index is 12.2. The average molecular weight is 271 g/mol. The molecule has 1 atom stereocenters. The summed E-state index contributed by atoms with van der Waals surface area (Å²) in [5.41, 5.74) is 1.19. The summed E-state index contributed by atoms with van der Waals surface area (Å²) in [6, 6.07) is -0.232.